The number of hydrogen-bond acceptors (Lipinski definition) is 3. The second-order valence-corrected chi connectivity index (χ2v) is 4.80. The van der Waals surface area contributed by atoms with Crippen LogP contribution >= 0.6 is 23.4 Å². The molecule has 0 aromatic heterocycles. The van der Waals surface area contributed by atoms with Crippen LogP contribution in [0.1, 0.15) is 18.5 Å². The number of benzene rings is 1. The van der Waals surface area contributed by atoms with E-state index in [9.17, 15) is 0 Å². The molecular weight excluding hydrogens is 242 g/mol. The van der Waals surface area contributed by atoms with Crippen LogP contribution in [0.4, 0.5) is 0 Å². The summed E-state index contributed by atoms with van der Waals surface area (Å²) in [5.74, 6) is 1.90. The molecule has 2 nitrogen and oxygen atoms in total. The smallest absolute Gasteiger partial charge is 0.123 e. The lowest BCUT2D eigenvalue weighted by Crippen LogP contribution is -2.23. The van der Waals surface area contributed by atoms with Crippen LogP contribution in [0.2, 0.25) is 5.02 Å². The first-order valence-corrected chi connectivity index (χ1v) is 7.05. The Labute approximate surface area is 107 Å². The maximum absolute atomic E-state index is 6.03. The van der Waals surface area contributed by atoms with Gasteiger partial charge in [0, 0.05) is 22.4 Å². The third-order valence-corrected chi connectivity index (χ3v) is 3.25. The average Bonchev–Trinajstić information content (AvgIpc) is 2.29. The molecule has 1 aromatic rings. The fourth-order valence-corrected chi connectivity index (χ4v) is 2.46. The van der Waals surface area contributed by atoms with Crippen LogP contribution in [0.3, 0.4) is 0 Å². The Morgan fingerprint density at radius 2 is 2.25 bits per heavy atom. The first kappa shape index (κ1) is 13.7. The number of halogens is 1. The van der Waals surface area contributed by atoms with Gasteiger partial charge in [0.15, 0.2) is 0 Å². The van der Waals surface area contributed by atoms with E-state index in [-0.39, 0.29) is 6.04 Å². The van der Waals surface area contributed by atoms with Gasteiger partial charge in [-0.2, -0.15) is 11.8 Å². The Bertz CT molecular complexity index is 327. The zero-order valence-electron chi connectivity index (χ0n) is 9.92. The molecule has 1 unspecified atom stereocenters. The lowest BCUT2D eigenvalue weighted by Gasteiger charge is -2.20. The second kappa shape index (κ2) is 7.05. The van der Waals surface area contributed by atoms with E-state index in [1.54, 1.807) is 7.11 Å². The maximum Gasteiger partial charge on any atom is 0.123 e. The Morgan fingerprint density at radius 1 is 1.50 bits per heavy atom. The molecular formula is C12H18ClNOS. The highest BCUT2D eigenvalue weighted by Crippen LogP contribution is 2.29. The van der Waals surface area contributed by atoms with Crippen LogP contribution in [0, 0.1) is 0 Å². The molecule has 16 heavy (non-hydrogen) atoms. The standard InChI is InChI=1S/C12H18ClNOS/c1-4-14-11(8-16-3)10-7-9(13)5-6-12(10)15-2/h5-7,11,14H,4,8H2,1-3H3. The molecule has 0 aliphatic heterocycles. The molecule has 0 spiro atoms. The largest absolute Gasteiger partial charge is 0.496 e. The predicted octanol–water partition coefficient (Wildman–Crippen LogP) is 3.36. The second-order valence-electron chi connectivity index (χ2n) is 3.45. The monoisotopic (exact) mass is 259 g/mol. The highest BCUT2D eigenvalue weighted by Gasteiger charge is 2.15. The molecule has 0 bridgehead atoms. The van der Waals surface area contributed by atoms with Crippen molar-refractivity contribution >= 4 is 23.4 Å². The third-order valence-electron chi connectivity index (χ3n) is 2.35. The third kappa shape index (κ3) is 3.58. The molecule has 1 atom stereocenters. The number of hydrogen-bond donors (Lipinski definition) is 1. The molecule has 0 amide bonds. The summed E-state index contributed by atoms with van der Waals surface area (Å²) in [5.41, 5.74) is 1.13. The fourth-order valence-electron chi connectivity index (χ4n) is 1.65. The molecule has 0 fully saturated rings. The average molecular weight is 260 g/mol. The molecule has 0 saturated carbocycles. The summed E-state index contributed by atoms with van der Waals surface area (Å²) < 4.78 is 5.37. The zero-order chi connectivity index (χ0) is 12.0. The predicted molar refractivity (Wildman–Crippen MR) is 72.8 cm³/mol. The molecule has 90 valence electrons. The van der Waals surface area contributed by atoms with E-state index in [4.69, 9.17) is 16.3 Å². The van der Waals surface area contributed by atoms with Gasteiger partial charge in [-0.3, -0.25) is 0 Å². The van der Waals surface area contributed by atoms with Gasteiger partial charge in [0.05, 0.1) is 7.11 Å². The molecule has 0 aliphatic rings. The van der Waals surface area contributed by atoms with Crippen molar-refractivity contribution in [3.63, 3.8) is 0 Å². The summed E-state index contributed by atoms with van der Waals surface area (Å²) >= 11 is 7.84. The first-order chi connectivity index (χ1) is 7.72. The van der Waals surface area contributed by atoms with E-state index < -0.39 is 0 Å². The van der Waals surface area contributed by atoms with Crippen molar-refractivity contribution in [2.24, 2.45) is 0 Å². The van der Waals surface area contributed by atoms with Crippen LogP contribution in [-0.2, 0) is 0 Å². The van der Waals surface area contributed by atoms with Gasteiger partial charge in [-0.15, -0.1) is 0 Å². The van der Waals surface area contributed by atoms with E-state index in [0.717, 1.165) is 28.6 Å². The molecule has 4 heteroatoms. The number of methoxy groups -OCH3 is 1. The Kier molecular flexibility index (Phi) is 6.03. The molecule has 1 aromatic carbocycles. The van der Waals surface area contributed by atoms with Crippen molar-refractivity contribution < 1.29 is 4.74 Å². The summed E-state index contributed by atoms with van der Waals surface area (Å²) in [6, 6.07) is 6.03. The Morgan fingerprint density at radius 3 is 2.81 bits per heavy atom. The van der Waals surface area contributed by atoms with E-state index in [2.05, 4.69) is 18.5 Å². The molecule has 1 rings (SSSR count). The van der Waals surface area contributed by atoms with Crippen molar-refractivity contribution in [2.75, 3.05) is 25.7 Å². The van der Waals surface area contributed by atoms with Gasteiger partial charge in [0.25, 0.3) is 0 Å². The van der Waals surface area contributed by atoms with Gasteiger partial charge in [0.1, 0.15) is 5.75 Å². The Hall–Kier alpha value is -0.380. The Balaban J connectivity index is 3.00. The summed E-state index contributed by atoms with van der Waals surface area (Å²) in [6.45, 7) is 3.03. The van der Waals surface area contributed by atoms with Crippen LogP contribution < -0.4 is 10.1 Å². The van der Waals surface area contributed by atoms with Gasteiger partial charge in [-0.1, -0.05) is 18.5 Å². The minimum absolute atomic E-state index is 0.286. The lowest BCUT2D eigenvalue weighted by atomic mass is 10.1. The highest BCUT2D eigenvalue weighted by molar-refractivity contribution is 7.98. The van der Waals surface area contributed by atoms with Gasteiger partial charge in [-0.25, -0.2) is 0 Å². The first-order valence-electron chi connectivity index (χ1n) is 5.28. The van der Waals surface area contributed by atoms with Crippen LogP contribution in [-0.4, -0.2) is 25.7 Å². The summed E-state index contributed by atoms with van der Waals surface area (Å²) in [5, 5.41) is 4.19. The summed E-state index contributed by atoms with van der Waals surface area (Å²) in [6.07, 6.45) is 2.10. The van der Waals surface area contributed by atoms with Crippen molar-refractivity contribution in [3.05, 3.63) is 28.8 Å². The maximum atomic E-state index is 6.03. The topological polar surface area (TPSA) is 21.3 Å². The van der Waals surface area contributed by atoms with E-state index >= 15 is 0 Å². The van der Waals surface area contributed by atoms with Gasteiger partial charge < -0.3 is 10.1 Å². The molecule has 0 aliphatic carbocycles. The van der Waals surface area contributed by atoms with E-state index in [0.29, 0.717) is 0 Å². The van der Waals surface area contributed by atoms with Crippen molar-refractivity contribution in [1.82, 2.24) is 5.32 Å². The normalized spacial score (nSPS) is 12.5. The fraction of sp³-hybridized carbons (Fsp3) is 0.500. The van der Waals surface area contributed by atoms with E-state index in [1.165, 1.54) is 0 Å². The van der Waals surface area contributed by atoms with Crippen molar-refractivity contribution in [2.45, 2.75) is 13.0 Å². The number of thioether (sulfide) groups is 1. The van der Waals surface area contributed by atoms with E-state index in [1.807, 2.05) is 30.0 Å². The van der Waals surface area contributed by atoms with Crippen LogP contribution in [0.25, 0.3) is 0 Å². The number of ether oxygens (including phenoxy) is 1. The zero-order valence-corrected chi connectivity index (χ0v) is 11.5. The molecule has 0 radical (unpaired) electrons. The SMILES string of the molecule is CCNC(CSC)c1cc(Cl)ccc1OC. The number of rotatable bonds is 6. The van der Waals surface area contributed by atoms with Crippen molar-refractivity contribution in [3.8, 4) is 5.75 Å². The van der Waals surface area contributed by atoms with Crippen LogP contribution in [0.5, 0.6) is 5.75 Å². The molecule has 1 N–H and O–H groups in total. The quantitative estimate of drug-likeness (QED) is 0.847. The van der Waals surface area contributed by atoms with Crippen molar-refractivity contribution in [1.29, 1.82) is 0 Å². The summed E-state index contributed by atoms with van der Waals surface area (Å²) in [4.78, 5) is 0. The van der Waals surface area contributed by atoms with Gasteiger partial charge >= 0.3 is 0 Å². The number of nitrogens with one attached hydrogen (secondary N) is 1. The lowest BCUT2D eigenvalue weighted by molar-refractivity contribution is 0.403. The minimum Gasteiger partial charge on any atom is -0.496 e. The van der Waals surface area contributed by atoms with Gasteiger partial charge in [0.2, 0.25) is 0 Å². The van der Waals surface area contributed by atoms with Crippen LogP contribution in [0.15, 0.2) is 18.2 Å². The minimum atomic E-state index is 0.286. The molecule has 0 saturated heterocycles. The van der Waals surface area contributed by atoms with Gasteiger partial charge in [-0.05, 0) is 31.0 Å². The highest BCUT2D eigenvalue weighted by atomic mass is 35.5. The summed E-state index contributed by atoms with van der Waals surface area (Å²) in [7, 11) is 1.69. The molecule has 0 heterocycles.